The first-order valence-electron chi connectivity index (χ1n) is 17.8. The van der Waals surface area contributed by atoms with Gasteiger partial charge in [0.2, 0.25) is 0 Å². The van der Waals surface area contributed by atoms with Gasteiger partial charge in [-0.15, -0.1) is 0 Å². The van der Waals surface area contributed by atoms with E-state index in [9.17, 15) is 0 Å². The second-order valence-corrected chi connectivity index (χ2v) is 13.3. The quantitative estimate of drug-likeness (QED) is 0.176. The van der Waals surface area contributed by atoms with Crippen molar-refractivity contribution in [3.05, 3.63) is 200 Å². The van der Waals surface area contributed by atoms with E-state index in [0.29, 0.717) is 0 Å². The topological polar surface area (TPSA) is 16.4 Å². The molecule has 0 fully saturated rings. The molecule has 0 aliphatic rings. The molecule has 0 unspecified atom stereocenters. The fraction of sp³-hybridized carbons (Fsp3) is 0. The molecule has 10 aromatic rings. The van der Waals surface area contributed by atoms with Crippen molar-refractivity contribution in [3.63, 3.8) is 0 Å². The summed E-state index contributed by atoms with van der Waals surface area (Å²) in [6.07, 6.45) is 0. The predicted molar refractivity (Wildman–Crippen MR) is 220 cm³/mol. The van der Waals surface area contributed by atoms with Crippen molar-refractivity contribution in [1.82, 2.24) is 0 Å². The minimum absolute atomic E-state index is 0.900. The van der Waals surface area contributed by atoms with Crippen LogP contribution in [0.4, 0.5) is 17.1 Å². The van der Waals surface area contributed by atoms with Crippen LogP contribution in [0.3, 0.4) is 0 Å². The Kier molecular flexibility index (Phi) is 7.18. The molecule has 0 atom stereocenters. The number of para-hydroxylation sites is 1. The van der Waals surface area contributed by atoms with Crippen molar-refractivity contribution in [3.8, 4) is 33.4 Å². The molecular weight excluding hydrogens is 631 g/mol. The standard InChI is InChI=1S/C50H33NO/c1-2-13-35(14-3-1)43-21-8-9-25-47(43)51(40-19-10-18-38(33-40)42-23-11-17-34-15-4-6-20-41(34)42)39-30-27-37(28-31-39)44-24-12-26-48-49(44)46-32-29-36-16-5-7-22-45(36)50(46)52-48/h1-33H. The number of hydrogen-bond acceptors (Lipinski definition) is 2. The van der Waals surface area contributed by atoms with E-state index < -0.39 is 0 Å². The van der Waals surface area contributed by atoms with E-state index in [-0.39, 0.29) is 0 Å². The van der Waals surface area contributed by atoms with Crippen LogP contribution in [0.25, 0.3) is 76.9 Å². The molecule has 9 aromatic carbocycles. The maximum atomic E-state index is 6.53. The highest BCUT2D eigenvalue weighted by Gasteiger charge is 2.19. The monoisotopic (exact) mass is 663 g/mol. The molecule has 1 aromatic heterocycles. The molecule has 0 aliphatic carbocycles. The zero-order chi connectivity index (χ0) is 34.4. The first-order valence-corrected chi connectivity index (χ1v) is 17.8. The summed E-state index contributed by atoms with van der Waals surface area (Å²) in [5.41, 5.74) is 12.2. The molecule has 0 aliphatic heterocycles. The average molecular weight is 664 g/mol. The number of benzene rings is 9. The molecule has 10 rings (SSSR count). The smallest absolute Gasteiger partial charge is 0.143 e. The van der Waals surface area contributed by atoms with Gasteiger partial charge in [-0.25, -0.2) is 0 Å². The van der Waals surface area contributed by atoms with Crippen molar-refractivity contribution in [2.75, 3.05) is 4.90 Å². The SMILES string of the molecule is c1ccc(-c2ccccc2N(c2ccc(-c3cccc4oc5c6ccccc6ccc5c34)cc2)c2cccc(-c3cccc4ccccc34)c2)cc1. The van der Waals surface area contributed by atoms with Crippen LogP contribution in [0.1, 0.15) is 0 Å². The van der Waals surface area contributed by atoms with Gasteiger partial charge in [-0.1, -0.05) is 158 Å². The molecule has 2 nitrogen and oxygen atoms in total. The third-order valence-corrected chi connectivity index (χ3v) is 10.3. The minimum Gasteiger partial charge on any atom is -0.455 e. The number of hydrogen-bond donors (Lipinski definition) is 0. The van der Waals surface area contributed by atoms with Crippen LogP contribution in [-0.2, 0) is 0 Å². The Bertz CT molecular complexity index is 2900. The van der Waals surface area contributed by atoms with Crippen LogP contribution in [-0.4, -0.2) is 0 Å². The van der Waals surface area contributed by atoms with Gasteiger partial charge < -0.3 is 9.32 Å². The molecule has 1 heterocycles. The molecule has 52 heavy (non-hydrogen) atoms. The lowest BCUT2D eigenvalue weighted by Crippen LogP contribution is -2.11. The van der Waals surface area contributed by atoms with Crippen LogP contribution in [0.2, 0.25) is 0 Å². The molecule has 244 valence electrons. The van der Waals surface area contributed by atoms with Gasteiger partial charge in [0, 0.05) is 33.1 Å². The molecular formula is C50H33NO. The Balaban J connectivity index is 1.14. The van der Waals surface area contributed by atoms with Crippen molar-refractivity contribution >= 4 is 60.5 Å². The second kappa shape index (κ2) is 12.5. The third-order valence-electron chi connectivity index (χ3n) is 10.3. The van der Waals surface area contributed by atoms with Crippen LogP contribution < -0.4 is 4.90 Å². The average Bonchev–Trinajstić information content (AvgIpc) is 3.61. The number of anilines is 3. The van der Waals surface area contributed by atoms with Crippen molar-refractivity contribution in [2.24, 2.45) is 0 Å². The number of furan rings is 1. The molecule has 0 N–H and O–H groups in total. The summed E-state index contributed by atoms with van der Waals surface area (Å²) in [6.45, 7) is 0. The lowest BCUT2D eigenvalue weighted by molar-refractivity contribution is 0.673. The minimum atomic E-state index is 0.900. The summed E-state index contributed by atoms with van der Waals surface area (Å²) in [6, 6.07) is 71.7. The summed E-state index contributed by atoms with van der Waals surface area (Å²) >= 11 is 0. The summed E-state index contributed by atoms with van der Waals surface area (Å²) in [7, 11) is 0. The van der Waals surface area contributed by atoms with E-state index >= 15 is 0 Å². The fourth-order valence-corrected chi connectivity index (χ4v) is 7.83. The van der Waals surface area contributed by atoms with Crippen molar-refractivity contribution < 1.29 is 4.42 Å². The highest BCUT2D eigenvalue weighted by Crippen LogP contribution is 2.44. The van der Waals surface area contributed by atoms with E-state index in [1.807, 2.05) is 0 Å². The molecule has 2 heteroatoms. The zero-order valence-corrected chi connectivity index (χ0v) is 28.4. The number of fused-ring (bicyclic) bond motifs is 6. The maximum Gasteiger partial charge on any atom is 0.143 e. The van der Waals surface area contributed by atoms with Gasteiger partial charge >= 0.3 is 0 Å². The van der Waals surface area contributed by atoms with Crippen LogP contribution in [0.15, 0.2) is 205 Å². The van der Waals surface area contributed by atoms with Gasteiger partial charge in [0.25, 0.3) is 0 Å². The van der Waals surface area contributed by atoms with Gasteiger partial charge in [-0.2, -0.15) is 0 Å². The Labute approximate surface area is 302 Å². The molecule has 0 spiro atoms. The third kappa shape index (κ3) is 5.04. The largest absolute Gasteiger partial charge is 0.455 e. The van der Waals surface area contributed by atoms with Gasteiger partial charge in [0.05, 0.1) is 5.69 Å². The van der Waals surface area contributed by atoms with E-state index in [1.165, 1.54) is 38.4 Å². The molecule has 0 bridgehead atoms. The van der Waals surface area contributed by atoms with E-state index in [1.54, 1.807) is 0 Å². The summed E-state index contributed by atoms with van der Waals surface area (Å²) in [5.74, 6) is 0. The van der Waals surface area contributed by atoms with Crippen LogP contribution >= 0.6 is 0 Å². The van der Waals surface area contributed by atoms with Crippen molar-refractivity contribution in [2.45, 2.75) is 0 Å². The Morgan fingerprint density at radius 2 is 0.962 bits per heavy atom. The first kappa shape index (κ1) is 30.0. The summed E-state index contributed by atoms with van der Waals surface area (Å²) < 4.78 is 6.53. The molecule has 0 saturated carbocycles. The summed E-state index contributed by atoms with van der Waals surface area (Å²) in [4.78, 5) is 2.39. The Morgan fingerprint density at radius 1 is 0.346 bits per heavy atom. The molecule has 0 radical (unpaired) electrons. The van der Waals surface area contributed by atoms with Gasteiger partial charge in [-0.3, -0.25) is 0 Å². The first-order chi connectivity index (χ1) is 25.8. The molecule has 0 amide bonds. The highest BCUT2D eigenvalue weighted by molar-refractivity contribution is 6.19. The highest BCUT2D eigenvalue weighted by atomic mass is 16.3. The van der Waals surface area contributed by atoms with E-state index in [0.717, 1.165) is 55.5 Å². The lowest BCUT2D eigenvalue weighted by atomic mass is 9.96. The molecule has 0 saturated heterocycles. The normalized spacial score (nSPS) is 11.5. The fourth-order valence-electron chi connectivity index (χ4n) is 7.83. The lowest BCUT2D eigenvalue weighted by Gasteiger charge is -2.28. The zero-order valence-electron chi connectivity index (χ0n) is 28.4. The van der Waals surface area contributed by atoms with E-state index in [4.69, 9.17) is 4.42 Å². The number of rotatable bonds is 6. The maximum absolute atomic E-state index is 6.53. The van der Waals surface area contributed by atoms with Crippen LogP contribution in [0, 0.1) is 0 Å². The number of nitrogens with zero attached hydrogens (tertiary/aromatic N) is 1. The summed E-state index contributed by atoms with van der Waals surface area (Å²) in [5, 5.41) is 7.08. The van der Waals surface area contributed by atoms with Gasteiger partial charge in [-0.05, 0) is 86.4 Å². The van der Waals surface area contributed by atoms with Crippen molar-refractivity contribution in [1.29, 1.82) is 0 Å². The Morgan fingerprint density at radius 3 is 1.83 bits per heavy atom. The van der Waals surface area contributed by atoms with Crippen LogP contribution in [0.5, 0.6) is 0 Å². The van der Waals surface area contributed by atoms with E-state index in [2.05, 4.69) is 205 Å². The Hall–Kier alpha value is -6.90. The second-order valence-electron chi connectivity index (χ2n) is 13.3. The van der Waals surface area contributed by atoms with Gasteiger partial charge in [0.1, 0.15) is 11.2 Å². The predicted octanol–water partition coefficient (Wildman–Crippen LogP) is 14.4. The van der Waals surface area contributed by atoms with Gasteiger partial charge in [0.15, 0.2) is 0 Å².